The molecule has 2 N–H and O–H groups in total. The van der Waals surface area contributed by atoms with Crippen LogP contribution in [0.5, 0.6) is 0 Å². The second kappa shape index (κ2) is 3.97. The molecule has 1 aromatic rings. The Morgan fingerprint density at radius 3 is 1.81 bits per heavy atom. The second-order valence-corrected chi connectivity index (χ2v) is 3.97. The van der Waals surface area contributed by atoms with Gasteiger partial charge in [0.25, 0.3) is 0 Å². The highest BCUT2D eigenvalue weighted by molar-refractivity contribution is 14.1. The van der Waals surface area contributed by atoms with E-state index in [0.29, 0.717) is 6.07 Å². The van der Waals surface area contributed by atoms with Crippen molar-refractivity contribution < 1.29 is 26.3 Å². The molecular formula is C8H4F6IN. The van der Waals surface area contributed by atoms with Gasteiger partial charge in [-0.2, -0.15) is 26.3 Å². The minimum atomic E-state index is -5.09. The molecule has 1 rings (SSSR count). The van der Waals surface area contributed by atoms with Crippen LogP contribution in [0.1, 0.15) is 11.1 Å². The van der Waals surface area contributed by atoms with Gasteiger partial charge in [0, 0.05) is 9.26 Å². The quantitative estimate of drug-likeness (QED) is 0.426. The lowest BCUT2D eigenvalue weighted by Gasteiger charge is -2.17. The highest BCUT2D eigenvalue weighted by atomic mass is 127. The first-order valence-electron chi connectivity index (χ1n) is 3.77. The van der Waals surface area contributed by atoms with Gasteiger partial charge in [0.05, 0.1) is 11.1 Å². The summed E-state index contributed by atoms with van der Waals surface area (Å²) in [6.45, 7) is 0. The van der Waals surface area contributed by atoms with Crippen molar-refractivity contribution in [1.29, 1.82) is 0 Å². The summed E-state index contributed by atoms with van der Waals surface area (Å²) in [6, 6.07) is 1.14. The van der Waals surface area contributed by atoms with Crippen LogP contribution in [0.2, 0.25) is 0 Å². The van der Waals surface area contributed by atoms with Crippen molar-refractivity contribution in [1.82, 2.24) is 0 Å². The standard InChI is InChI=1S/C8H4F6IN/c9-7(10,11)3-1-2-4(16)6(15)5(3)8(12,13)14/h1-2H,16H2. The van der Waals surface area contributed by atoms with Crippen molar-refractivity contribution >= 4 is 28.3 Å². The van der Waals surface area contributed by atoms with E-state index in [1.807, 2.05) is 0 Å². The van der Waals surface area contributed by atoms with Gasteiger partial charge in [0.2, 0.25) is 0 Å². The highest BCUT2D eigenvalue weighted by Gasteiger charge is 2.44. The molecular weight excluding hydrogens is 351 g/mol. The first-order chi connectivity index (χ1) is 7.05. The van der Waals surface area contributed by atoms with Gasteiger partial charge in [-0.1, -0.05) is 0 Å². The van der Waals surface area contributed by atoms with E-state index in [-0.39, 0.29) is 5.69 Å². The van der Waals surface area contributed by atoms with Crippen LogP contribution in [0.4, 0.5) is 32.0 Å². The second-order valence-electron chi connectivity index (χ2n) is 2.89. The third-order valence-corrected chi connectivity index (χ3v) is 2.92. The molecule has 0 aliphatic heterocycles. The smallest absolute Gasteiger partial charge is 0.398 e. The van der Waals surface area contributed by atoms with Crippen molar-refractivity contribution in [3.8, 4) is 0 Å². The number of benzene rings is 1. The predicted octanol–water partition coefficient (Wildman–Crippen LogP) is 3.91. The number of halogens is 7. The van der Waals surface area contributed by atoms with Crippen molar-refractivity contribution in [3.63, 3.8) is 0 Å². The minimum Gasteiger partial charge on any atom is -0.398 e. The summed E-state index contributed by atoms with van der Waals surface area (Å²) < 4.78 is 73.8. The fraction of sp³-hybridized carbons (Fsp3) is 0.250. The normalized spacial score (nSPS) is 12.9. The number of nitrogens with two attached hydrogens (primary N) is 1. The van der Waals surface area contributed by atoms with E-state index >= 15 is 0 Å². The molecule has 0 fully saturated rings. The SMILES string of the molecule is Nc1ccc(C(F)(F)F)c(C(F)(F)F)c1I. The molecule has 0 saturated carbocycles. The Kier molecular flexibility index (Phi) is 3.32. The Hall–Kier alpha value is -0.670. The number of alkyl halides is 6. The van der Waals surface area contributed by atoms with Crippen molar-refractivity contribution in [2.45, 2.75) is 12.4 Å². The van der Waals surface area contributed by atoms with Gasteiger partial charge in [-0.25, -0.2) is 0 Å². The van der Waals surface area contributed by atoms with Crippen LogP contribution in [-0.4, -0.2) is 0 Å². The number of nitrogen functional groups attached to an aromatic ring is 1. The first kappa shape index (κ1) is 13.4. The summed E-state index contributed by atoms with van der Waals surface area (Å²) in [6.07, 6.45) is -10.1. The van der Waals surface area contributed by atoms with E-state index in [1.165, 1.54) is 0 Å². The van der Waals surface area contributed by atoms with Gasteiger partial charge >= 0.3 is 12.4 Å². The molecule has 0 radical (unpaired) electrons. The summed E-state index contributed by atoms with van der Waals surface area (Å²) >= 11 is 1.15. The Morgan fingerprint density at radius 2 is 1.44 bits per heavy atom. The number of rotatable bonds is 0. The van der Waals surface area contributed by atoms with Gasteiger partial charge < -0.3 is 5.73 Å². The van der Waals surface area contributed by atoms with Crippen molar-refractivity contribution in [2.24, 2.45) is 0 Å². The maximum Gasteiger partial charge on any atom is 0.418 e. The van der Waals surface area contributed by atoms with Crippen LogP contribution in [0, 0.1) is 3.57 Å². The zero-order chi connectivity index (χ0) is 12.7. The monoisotopic (exact) mass is 355 g/mol. The van der Waals surface area contributed by atoms with Crippen LogP contribution in [0.15, 0.2) is 12.1 Å². The maximum atomic E-state index is 12.5. The molecule has 16 heavy (non-hydrogen) atoms. The molecule has 0 bridgehead atoms. The number of anilines is 1. The average molecular weight is 355 g/mol. The van der Waals surface area contributed by atoms with Crippen LogP contribution >= 0.6 is 22.6 Å². The van der Waals surface area contributed by atoms with Crippen LogP contribution in [0.25, 0.3) is 0 Å². The van der Waals surface area contributed by atoms with Crippen molar-refractivity contribution in [2.75, 3.05) is 5.73 Å². The molecule has 0 aromatic heterocycles. The van der Waals surface area contributed by atoms with Gasteiger partial charge in [0.1, 0.15) is 0 Å². The predicted molar refractivity (Wildman–Crippen MR) is 53.6 cm³/mol. The van der Waals surface area contributed by atoms with E-state index in [1.54, 1.807) is 0 Å². The summed E-state index contributed by atoms with van der Waals surface area (Å²) in [5.41, 5.74) is 1.36. The van der Waals surface area contributed by atoms with Crippen LogP contribution in [0.3, 0.4) is 0 Å². The first-order valence-corrected chi connectivity index (χ1v) is 4.85. The fourth-order valence-electron chi connectivity index (χ4n) is 1.11. The Morgan fingerprint density at radius 1 is 0.938 bits per heavy atom. The summed E-state index contributed by atoms with van der Waals surface area (Å²) in [7, 11) is 0. The lowest BCUT2D eigenvalue weighted by molar-refractivity contribution is -0.162. The third-order valence-electron chi connectivity index (χ3n) is 1.76. The van der Waals surface area contributed by atoms with E-state index in [4.69, 9.17) is 5.73 Å². The zero-order valence-electron chi connectivity index (χ0n) is 7.38. The van der Waals surface area contributed by atoms with E-state index in [0.717, 1.165) is 28.7 Å². The van der Waals surface area contributed by atoms with Crippen molar-refractivity contribution in [3.05, 3.63) is 26.8 Å². The molecule has 8 heteroatoms. The van der Waals surface area contributed by atoms with Gasteiger partial charge in [-0.15, -0.1) is 0 Å². The molecule has 0 spiro atoms. The lowest BCUT2D eigenvalue weighted by Crippen LogP contribution is -2.19. The number of hydrogen-bond acceptors (Lipinski definition) is 1. The molecule has 1 aromatic carbocycles. The molecule has 0 unspecified atom stereocenters. The maximum absolute atomic E-state index is 12.5. The summed E-state index contributed by atoms with van der Waals surface area (Å²) in [5.74, 6) is 0. The molecule has 1 nitrogen and oxygen atoms in total. The van der Waals surface area contributed by atoms with E-state index in [9.17, 15) is 26.3 Å². The fourth-order valence-corrected chi connectivity index (χ4v) is 1.88. The minimum absolute atomic E-state index is 0.332. The summed E-state index contributed by atoms with van der Waals surface area (Å²) in [4.78, 5) is 0. The Bertz CT molecular complexity index is 408. The molecule has 0 atom stereocenters. The average Bonchev–Trinajstić information content (AvgIpc) is 2.05. The lowest BCUT2D eigenvalue weighted by atomic mass is 10.1. The zero-order valence-corrected chi connectivity index (χ0v) is 9.54. The highest BCUT2D eigenvalue weighted by Crippen LogP contribution is 2.43. The Labute approximate surface area is 99.8 Å². The molecule has 0 saturated heterocycles. The molecule has 0 heterocycles. The topological polar surface area (TPSA) is 26.0 Å². The van der Waals surface area contributed by atoms with E-state index in [2.05, 4.69) is 0 Å². The molecule has 0 aliphatic carbocycles. The van der Waals surface area contributed by atoms with Gasteiger partial charge in [0.15, 0.2) is 0 Å². The molecule has 0 amide bonds. The largest absolute Gasteiger partial charge is 0.418 e. The third kappa shape index (κ3) is 2.53. The van der Waals surface area contributed by atoms with E-state index < -0.39 is 27.0 Å². The summed E-state index contributed by atoms with van der Waals surface area (Å²) in [5, 5.41) is 0. The number of hydrogen-bond donors (Lipinski definition) is 1. The van der Waals surface area contributed by atoms with Gasteiger partial charge in [-0.05, 0) is 34.7 Å². The molecule has 0 aliphatic rings. The van der Waals surface area contributed by atoms with Crippen LogP contribution < -0.4 is 5.73 Å². The van der Waals surface area contributed by atoms with Gasteiger partial charge in [-0.3, -0.25) is 0 Å². The van der Waals surface area contributed by atoms with Crippen LogP contribution in [-0.2, 0) is 12.4 Å². The Balaban J connectivity index is 3.59. The molecule has 90 valence electrons.